The van der Waals surface area contributed by atoms with Gasteiger partial charge in [-0.05, 0) is 54.1 Å². The van der Waals surface area contributed by atoms with Crippen LogP contribution in [0.2, 0.25) is 5.02 Å². The van der Waals surface area contributed by atoms with E-state index in [-0.39, 0.29) is 17.5 Å². The molecule has 0 spiro atoms. The van der Waals surface area contributed by atoms with Crippen LogP contribution in [0.3, 0.4) is 0 Å². The van der Waals surface area contributed by atoms with Crippen molar-refractivity contribution in [3.05, 3.63) is 82.8 Å². The molecule has 152 valence electrons. The average Bonchev–Trinajstić information content (AvgIpc) is 3.26. The number of benzene rings is 2. The average molecular weight is 424 g/mol. The summed E-state index contributed by atoms with van der Waals surface area (Å²) in [6, 6.07) is 18.4. The van der Waals surface area contributed by atoms with Crippen molar-refractivity contribution in [3.63, 3.8) is 0 Å². The monoisotopic (exact) mass is 423 g/mol. The number of piperazine rings is 1. The number of carbonyl (C=O) groups is 1. The highest BCUT2D eigenvalue weighted by molar-refractivity contribution is 6.30. The van der Waals surface area contributed by atoms with E-state index < -0.39 is 6.04 Å². The summed E-state index contributed by atoms with van der Waals surface area (Å²) < 4.78 is 18.9. The Morgan fingerprint density at radius 3 is 2.30 bits per heavy atom. The van der Waals surface area contributed by atoms with E-state index in [9.17, 15) is 14.4 Å². The molecule has 1 atom stereocenters. The fourth-order valence-corrected chi connectivity index (χ4v) is 3.70. The van der Waals surface area contributed by atoms with E-state index in [1.54, 1.807) is 41.3 Å². The van der Waals surface area contributed by atoms with Gasteiger partial charge in [-0.15, -0.1) is 0 Å². The Bertz CT molecular complexity index is 1070. The molecule has 3 aromatic rings. The maximum Gasteiger partial charge on any atom is 0.289 e. The fourth-order valence-electron chi connectivity index (χ4n) is 3.57. The molecule has 4 rings (SSSR count). The lowest BCUT2D eigenvalue weighted by Gasteiger charge is -2.36. The van der Waals surface area contributed by atoms with Gasteiger partial charge in [-0.1, -0.05) is 23.7 Å². The van der Waals surface area contributed by atoms with Crippen LogP contribution in [0.4, 0.5) is 4.39 Å². The van der Waals surface area contributed by atoms with Gasteiger partial charge in [0.15, 0.2) is 5.76 Å². The predicted molar refractivity (Wildman–Crippen MR) is 111 cm³/mol. The van der Waals surface area contributed by atoms with Crippen molar-refractivity contribution in [1.29, 1.82) is 5.26 Å². The topological polar surface area (TPSA) is 60.5 Å². The van der Waals surface area contributed by atoms with Crippen molar-refractivity contribution in [1.82, 2.24) is 9.80 Å². The minimum atomic E-state index is -0.469. The minimum Gasteiger partial charge on any atom is -0.451 e. The van der Waals surface area contributed by atoms with Gasteiger partial charge in [-0.25, -0.2) is 4.39 Å². The number of nitriles is 1. The lowest BCUT2D eigenvalue weighted by atomic mass is 10.1. The molecule has 1 aliphatic heterocycles. The van der Waals surface area contributed by atoms with Gasteiger partial charge in [0.1, 0.15) is 17.6 Å². The van der Waals surface area contributed by atoms with Crippen LogP contribution < -0.4 is 0 Å². The zero-order chi connectivity index (χ0) is 21.1. The van der Waals surface area contributed by atoms with Crippen LogP contribution in [-0.4, -0.2) is 41.9 Å². The largest absolute Gasteiger partial charge is 0.451 e. The van der Waals surface area contributed by atoms with Crippen LogP contribution in [0.15, 0.2) is 65.1 Å². The molecule has 0 saturated carbocycles. The van der Waals surface area contributed by atoms with Gasteiger partial charge in [0.25, 0.3) is 5.91 Å². The van der Waals surface area contributed by atoms with E-state index in [0.29, 0.717) is 37.0 Å². The van der Waals surface area contributed by atoms with E-state index in [1.165, 1.54) is 12.1 Å². The molecule has 2 heterocycles. The Hall–Kier alpha value is -3.14. The lowest BCUT2D eigenvalue weighted by Crippen LogP contribution is -2.49. The highest BCUT2D eigenvalue weighted by Crippen LogP contribution is 2.26. The van der Waals surface area contributed by atoms with Crippen LogP contribution >= 0.6 is 11.6 Å². The Balaban J connectivity index is 1.40. The number of furan rings is 1. The molecule has 0 radical (unpaired) electrons. The van der Waals surface area contributed by atoms with E-state index in [1.807, 2.05) is 17.0 Å². The summed E-state index contributed by atoms with van der Waals surface area (Å²) in [6.45, 7) is 2.06. The molecule has 1 saturated heterocycles. The summed E-state index contributed by atoms with van der Waals surface area (Å²) in [5, 5.41) is 10.2. The summed E-state index contributed by atoms with van der Waals surface area (Å²) in [4.78, 5) is 16.6. The highest BCUT2D eigenvalue weighted by atomic mass is 35.5. The number of carbonyl (C=O) groups excluding carboxylic acids is 1. The normalized spacial score (nSPS) is 15.6. The van der Waals surface area contributed by atoms with Gasteiger partial charge < -0.3 is 9.32 Å². The van der Waals surface area contributed by atoms with Gasteiger partial charge in [0.2, 0.25) is 0 Å². The van der Waals surface area contributed by atoms with E-state index in [4.69, 9.17) is 16.0 Å². The van der Waals surface area contributed by atoms with Crippen LogP contribution in [-0.2, 0) is 0 Å². The van der Waals surface area contributed by atoms with Gasteiger partial charge in [-0.3, -0.25) is 9.69 Å². The van der Waals surface area contributed by atoms with Crippen molar-refractivity contribution in [2.75, 3.05) is 26.2 Å². The molecule has 7 heteroatoms. The fraction of sp³-hybridized carbons (Fsp3) is 0.217. The first-order chi connectivity index (χ1) is 14.5. The van der Waals surface area contributed by atoms with Gasteiger partial charge in [0, 0.05) is 36.8 Å². The predicted octanol–water partition coefficient (Wildman–Crippen LogP) is 4.76. The Morgan fingerprint density at radius 2 is 1.67 bits per heavy atom. The Morgan fingerprint density at radius 1 is 1.00 bits per heavy atom. The van der Waals surface area contributed by atoms with Crippen molar-refractivity contribution in [3.8, 4) is 17.4 Å². The number of hydrogen-bond donors (Lipinski definition) is 0. The summed E-state index contributed by atoms with van der Waals surface area (Å²) in [5.74, 6) is 0.380. The molecule has 0 aliphatic carbocycles. The van der Waals surface area contributed by atoms with Gasteiger partial charge in [-0.2, -0.15) is 5.26 Å². The molecule has 0 N–H and O–H groups in total. The number of amides is 1. The molecule has 2 aromatic carbocycles. The molecule has 0 bridgehead atoms. The molecule has 1 aromatic heterocycles. The number of hydrogen-bond acceptors (Lipinski definition) is 4. The molecule has 1 amide bonds. The molecule has 5 nitrogen and oxygen atoms in total. The second kappa shape index (κ2) is 8.70. The van der Waals surface area contributed by atoms with Gasteiger partial charge >= 0.3 is 0 Å². The number of nitrogens with zero attached hydrogens (tertiary/aromatic N) is 3. The molecule has 1 aliphatic rings. The van der Waals surface area contributed by atoms with E-state index in [0.717, 1.165) is 11.1 Å². The first-order valence-electron chi connectivity index (χ1n) is 9.59. The molecule has 30 heavy (non-hydrogen) atoms. The minimum absolute atomic E-state index is 0.176. The van der Waals surface area contributed by atoms with Crippen molar-refractivity contribution < 1.29 is 13.6 Å². The first-order valence-corrected chi connectivity index (χ1v) is 9.97. The molecule has 1 fully saturated rings. The molecule has 0 unspecified atom stereocenters. The second-order valence-electron chi connectivity index (χ2n) is 7.08. The lowest BCUT2D eigenvalue weighted by molar-refractivity contribution is 0.0577. The summed E-state index contributed by atoms with van der Waals surface area (Å²) in [5.41, 5.74) is 1.59. The maximum atomic E-state index is 13.2. The smallest absolute Gasteiger partial charge is 0.289 e. The van der Waals surface area contributed by atoms with E-state index in [2.05, 4.69) is 6.07 Å². The summed E-state index contributed by atoms with van der Waals surface area (Å²) >= 11 is 5.91. The highest BCUT2D eigenvalue weighted by Gasteiger charge is 2.28. The quantitative estimate of drug-likeness (QED) is 0.607. The Labute approximate surface area is 178 Å². The summed E-state index contributed by atoms with van der Waals surface area (Å²) in [7, 11) is 0. The third kappa shape index (κ3) is 4.23. The zero-order valence-electron chi connectivity index (χ0n) is 16.1. The van der Waals surface area contributed by atoms with Crippen molar-refractivity contribution >= 4 is 17.5 Å². The first kappa shape index (κ1) is 20.1. The van der Waals surface area contributed by atoms with Crippen LogP contribution in [0.1, 0.15) is 22.2 Å². The second-order valence-corrected chi connectivity index (χ2v) is 7.52. The maximum absolute atomic E-state index is 13.2. The third-order valence-electron chi connectivity index (χ3n) is 5.22. The SMILES string of the molecule is N#C[C@@H](c1ccc(F)cc1)N1CCN(C(=O)c2ccc(-c3ccc(Cl)cc3)o2)CC1. The van der Waals surface area contributed by atoms with Gasteiger partial charge in [0.05, 0.1) is 6.07 Å². The van der Waals surface area contributed by atoms with Crippen molar-refractivity contribution in [2.45, 2.75) is 6.04 Å². The van der Waals surface area contributed by atoms with Crippen molar-refractivity contribution in [2.24, 2.45) is 0 Å². The molecular formula is C23H19ClFN3O2. The van der Waals surface area contributed by atoms with E-state index >= 15 is 0 Å². The Kier molecular flexibility index (Phi) is 5.84. The van der Waals surface area contributed by atoms with Crippen LogP contribution in [0.5, 0.6) is 0 Å². The van der Waals surface area contributed by atoms with Crippen LogP contribution in [0, 0.1) is 17.1 Å². The number of halogens is 2. The number of rotatable bonds is 4. The molecular weight excluding hydrogens is 405 g/mol. The standard InChI is InChI=1S/C23H19ClFN3O2/c24-18-5-1-17(2-6-18)21-9-10-22(30-21)23(29)28-13-11-27(12-14-28)20(15-26)16-3-7-19(25)8-4-16/h1-10,20H,11-14H2/t20-/m0/s1. The third-order valence-corrected chi connectivity index (χ3v) is 5.47. The zero-order valence-corrected chi connectivity index (χ0v) is 16.8. The summed E-state index contributed by atoms with van der Waals surface area (Å²) in [6.07, 6.45) is 0. The van der Waals surface area contributed by atoms with Crippen LogP contribution in [0.25, 0.3) is 11.3 Å².